The van der Waals surface area contributed by atoms with Crippen molar-refractivity contribution in [1.29, 1.82) is 0 Å². The van der Waals surface area contributed by atoms with E-state index in [0.717, 1.165) is 42.6 Å². The number of piperidine rings is 1. The van der Waals surface area contributed by atoms with Crippen LogP contribution in [0.1, 0.15) is 18.4 Å². The van der Waals surface area contributed by atoms with Crippen molar-refractivity contribution in [3.05, 3.63) is 90.5 Å². The molecule has 154 valence electrons. The van der Waals surface area contributed by atoms with Gasteiger partial charge in [0.1, 0.15) is 11.5 Å². The minimum absolute atomic E-state index is 0.0724. The molecule has 1 heterocycles. The standard InChI is InChI=1S/C26H28N2O2/c29-26(20-28-17-15-22(16-18-28)19-21-7-3-1-4-8-21)27-23-11-13-25(14-12-23)30-24-9-5-2-6-10-24/h1-14,22H,15-20H2,(H,27,29)/p+1. The van der Waals surface area contributed by atoms with Crippen LogP contribution in [-0.4, -0.2) is 25.5 Å². The average molecular weight is 402 g/mol. The van der Waals surface area contributed by atoms with Gasteiger partial charge >= 0.3 is 0 Å². The summed E-state index contributed by atoms with van der Waals surface area (Å²) in [5, 5.41) is 3.02. The van der Waals surface area contributed by atoms with Crippen LogP contribution in [0.4, 0.5) is 5.69 Å². The Morgan fingerprint density at radius 3 is 2.10 bits per heavy atom. The highest BCUT2D eigenvalue weighted by Gasteiger charge is 2.24. The molecule has 1 fully saturated rings. The van der Waals surface area contributed by atoms with Crippen molar-refractivity contribution in [2.24, 2.45) is 5.92 Å². The molecule has 0 aliphatic carbocycles. The molecule has 4 rings (SSSR count). The van der Waals surface area contributed by atoms with Gasteiger partial charge in [-0.05, 0) is 67.1 Å². The molecule has 0 atom stereocenters. The Bertz CT molecular complexity index is 918. The van der Waals surface area contributed by atoms with E-state index in [2.05, 4.69) is 35.6 Å². The summed E-state index contributed by atoms with van der Waals surface area (Å²) in [4.78, 5) is 13.8. The van der Waals surface area contributed by atoms with Crippen LogP contribution in [0.25, 0.3) is 0 Å². The highest BCUT2D eigenvalue weighted by atomic mass is 16.5. The van der Waals surface area contributed by atoms with Crippen LogP contribution in [0.3, 0.4) is 0 Å². The van der Waals surface area contributed by atoms with Gasteiger partial charge in [0, 0.05) is 5.69 Å². The van der Waals surface area contributed by atoms with E-state index in [1.165, 1.54) is 23.3 Å². The Labute approximate surface area is 178 Å². The molecule has 1 amide bonds. The molecule has 0 radical (unpaired) electrons. The number of benzene rings is 3. The molecule has 1 aliphatic heterocycles. The summed E-state index contributed by atoms with van der Waals surface area (Å²) in [5.41, 5.74) is 2.22. The number of likely N-dealkylation sites (tertiary alicyclic amines) is 1. The van der Waals surface area contributed by atoms with Gasteiger partial charge in [-0.1, -0.05) is 48.5 Å². The van der Waals surface area contributed by atoms with Crippen molar-refractivity contribution in [3.63, 3.8) is 0 Å². The van der Waals surface area contributed by atoms with E-state index in [4.69, 9.17) is 4.74 Å². The van der Waals surface area contributed by atoms with Gasteiger partial charge in [-0.3, -0.25) is 4.79 Å². The van der Waals surface area contributed by atoms with E-state index >= 15 is 0 Å². The van der Waals surface area contributed by atoms with Crippen molar-refractivity contribution in [2.75, 3.05) is 25.0 Å². The van der Waals surface area contributed by atoms with Crippen molar-refractivity contribution >= 4 is 11.6 Å². The Hall–Kier alpha value is -3.11. The van der Waals surface area contributed by atoms with E-state index in [-0.39, 0.29) is 5.91 Å². The first-order chi connectivity index (χ1) is 14.7. The van der Waals surface area contributed by atoms with Gasteiger partial charge < -0.3 is 15.0 Å². The predicted molar refractivity (Wildman–Crippen MR) is 120 cm³/mol. The minimum Gasteiger partial charge on any atom is -0.457 e. The number of carbonyl (C=O) groups is 1. The maximum Gasteiger partial charge on any atom is 0.279 e. The summed E-state index contributed by atoms with van der Waals surface area (Å²) in [5.74, 6) is 2.36. The first-order valence-electron chi connectivity index (χ1n) is 10.7. The molecular formula is C26H29N2O2+. The topological polar surface area (TPSA) is 42.8 Å². The summed E-state index contributed by atoms with van der Waals surface area (Å²) in [7, 11) is 0. The molecule has 30 heavy (non-hydrogen) atoms. The van der Waals surface area contributed by atoms with E-state index < -0.39 is 0 Å². The minimum atomic E-state index is 0.0724. The molecule has 2 N–H and O–H groups in total. The number of hydrogen-bond donors (Lipinski definition) is 2. The van der Waals surface area contributed by atoms with E-state index in [1.54, 1.807) is 0 Å². The molecule has 3 aromatic carbocycles. The highest BCUT2D eigenvalue weighted by Crippen LogP contribution is 2.22. The molecular weight excluding hydrogens is 372 g/mol. The molecule has 4 nitrogen and oxygen atoms in total. The van der Waals surface area contributed by atoms with Gasteiger partial charge in [-0.15, -0.1) is 0 Å². The maximum absolute atomic E-state index is 12.5. The number of hydrogen-bond acceptors (Lipinski definition) is 2. The zero-order valence-corrected chi connectivity index (χ0v) is 17.2. The Morgan fingerprint density at radius 2 is 1.43 bits per heavy atom. The first kappa shape index (κ1) is 20.2. The number of amides is 1. The number of anilines is 1. The lowest BCUT2D eigenvalue weighted by atomic mass is 9.90. The van der Waals surface area contributed by atoms with Crippen molar-refractivity contribution in [1.82, 2.24) is 0 Å². The van der Waals surface area contributed by atoms with Crippen LogP contribution < -0.4 is 15.0 Å². The Kier molecular flexibility index (Phi) is 6.78. The number of quaternary nitrogens is 1. The van der Waals surface area contributed by atoms with Crippen LogP contribution in [0, 0.1) is 5.92 Å². The van der Waals surface area contributed by atoms with E-state index in [1.807, 2.05) is 54.6 Å². The van der Waals surface area contributed by atoms with Crippen LogP contribution in [0.2, 0.25) is 0 Å². The quantitative estimate of drug-likeness (QED) is 0.629. The van der Waals surface area contributed by atoms with Crippen molar-refractivity contribution in [3.8, 4) is 11.5 Å². The molecule has 0 spiro atoms. The van der Waals surface area contributed by atoms with Crippen LogP contribution >= 0.6 is 0 Å². The monoisotopic (exact) mass is 401 g/mol. The molecule has 0 saturated carbocycles. The van der Waals surface area contributed by atoms with Crippen molar-refractivity contribution < 1.29 is 14.4 Å². The van der Waals surface area contributed by atoms with Gasteiger partial charge in [0.15, 0.2) is 6.54 Å². The number of ether oxygens (including phenoxy) is 1. The van der Waals surface area contributed by atoms with E-state index in [0.29, 0.717) is 6.54 Å². The second-order valence-electron chi connectivity index (χ2n) is 8.05. The second-order valence-corrected chi connectivity index (χ2v) is 8.05. The number of carbonyl (C=O) groups excluding carboxylic acids is 1. The largest absolute Gasteiger partial charge is 0.457 e. The average Bonchev–Trinajstić information content (AvgIpc) is 2.78. The summed E-state index contributed by atoms with van der Waals surface area (Å²) in [6.45, 7) is 2.66. The third kappa shape index (κ3) is 5.94. The third-order valence-corrected chi connectivity index (χ3v) is 5.71. The van der Waals surface area contributed by atoms with E-state index in [9.17, 15) is 4.79 Å². The van der Waals surface area contributed by atoms with Crippen molar-refractivity contribution in [2.45, 2.75) is 19.3 Å². The van der Waals surface area contributed by atoms with Gasteiger partial charge in [-0.2, -0.15) is 0 Å². The predicted octanol–water partition coefficient (Wildman–Crippen LogP) is 3.96. The van der Waals surface area contributed by atoms with Crippen LogP contribution in [0.5, 0.6) is 11.5 Å². The number of para-hydroxylation sites is 1. The SMILES string of the molecule is O=C(C[NH+]1CCC(Cc2ccccc2)CC1)Nc1ccc(Oc2ccccc2)cc1. The molecule has 3 aromatic rings. The van der Waals surface area contributed by atoms with Crippen LogP contribution in [0.15, 0.2) is 84.9 Å². The van der Waals surface area contributed by atoms with Gasteiger partial charge in [0.25, 0.3) is 5.91 Å². The lowest BCUT2D eigenvalue weighted by Crippen LogP contribution is -3.14. The molecule has 1 saturated heterocycles. The summed E-state index contributed by atoms with van der Waals surface area (Å²) in [6, 6.07) is 27.9. The Morgan fingerprint density at radius 1 is 0.833 bits per heavy atom. The fourth-order valence-electron chi connectivity index (χ4n) is 4.08. The Balaban J connectivity index is 1.20. The fourth-order valence-corrected chi connectivity index (χ4v) is 4.08. The van der Waals surface area contributed by atoms with Gasteiger partial charge in [0.2, 0.25) is 0 Å². The maximum atomic E-state index is 12.5. The first-order valence-corrected chi connectivity index (χ1v) is 10.7. The fraction of sp³-hybridized carbons (Fsp3) is 0.269. The summed E-state index contributed by atoms with van der Waals surface area (Å²) < 4.78 is 5.80. The number of rotatable bonds is 7. The summed E-state index contributed by atoms with van der Waals surface area (Å²) >= 11 is 0. The molecule has 0 unspecified atom stereocenters. The zero-order valence-electron chi connectivity index (χ0n) is 17.2. The second kappa shape index (κ2) is 10.1. The molecule has 0 aromatic heterocycles. The summed E-state index contributed by atoms with van der Waals surface area (Å²) in [6.07, 6.45) is 3.52. The lowest BCUT2D eigenvalue weighted by molar-refractivity contribution is -0.898. The zero-order chi connectivity index (χ0) is 20.6. The highest BCUT2D eigenvalue weighted by molar-refractivity contribution is 5.91. The molecule has 0 bridgehead atoms. The lowest BCUT2D eigenvalue weighted by Gasteiger charge is -2.29. The normalized spacial score (nSPS) is 18.5. The molecule has 4 heteroatoms. The van der Waals surface area contributed by atoms with Gasteiger partial charge in [-0.25, -0.2) is 0 Å². The number of nitrogens with one attached hydrogen (secondary N) is 2. The smallest absolute Gasteiger partial charge is 0.279 e. The van der Waals surface area contributed by atoms with Crippen LogP contribution in [-0.2, 0) is 11.2 Å². The van der Waals surface area contributed by atoms with Gasteiger partial charge in [0.05, 0.1) is 13.1 Å². The third-order valence-electron chi connectivity index (χ3n) is 5.71. The molecule has 1 aliphatic rings.